The zero-order chi connectivity index (χ0) is 14.5. The summed E-state index contributed by atoms with van der Waals surface area (Å²) in [5, 5.41) is 0. The fourth-order valence-corrected chi connectivity index (χ4v) is 2.96. The minimum atomic E-state index is 0.0192. The Morgan fingerprint density at radius 3 is 2.67 bits per heavy atom. The van der Waals surface area contributed by atoms with E-state index in [9.17, 15) is 4.79 Å². The van der Waals surface area contributed by atoms with Gasteiger partial charge in [0, 0.05) is 17.9 Å². The van der Waals surface area contributed by atoms with Crippen molar-refractivity contribution in [3.05, 3.63) is 65.7 Å². The summed E-state index contributed by atoms with van der Waals surface area (Å²) in [7, 11) is 0. The average molecular weight is 280 g/mol. The third kappa shape index (κ3) is 3.33. The topological polar surface area (TPSA) is 26.3 Å². The van der Waals surface area contributed by atoms with Crippen molar-refractivity contribution >= 4 is 5.78 Å². The standard InChI is InChI=1S/C19H20O2/c20-18(11-6-9-15-7-2-1-3-8-15)16-13-14-21-19-12-5-4-10-17(16)19/h1-5,7-8,10,12,16H,6,9,11,13-14H2. The molecule has 0 saturated carbocycles. The molecule has 0 spiro atoms. The number of rotatable bonds is 5. The molecule has 108 valence electrons. The smallest absolute Gasteiger partial charge is 0.140 e. The van der Waals surface area contributed by atoms with E-state index in [1.165, 1.54) is 5.56 Å². The van der Waals surface area contributed by atoms with E-state index in [2.05, 4.69) is 12.1 Å². The van der Waals surface area contributed by atoms with Gasteiger partial charge in [0.15, 0.2) is 0 Å². The minimum Gasteiger partial charge on any atom is -0.493 e. The highest BCUT2D eigenvalue weighted by molar-refractivity contribution is 5.86. The Morgan fingerprint density at radius 1 is 1.05 bits per heavy atom. The number of para-hydroxylation sites is 1. The van der Waals surface area contributed by atoms with E-state index < -0.39 is 0 Å². The van der Waals surface area contributed by atoms with Gasteiger partial charge in [-0.15, -0.1) is 0 Å². The molecule has 0 amide bonds. The Bertz CT molecular complexity index is 604. The lowest BCUT2D eigenvalue weighted by Gasteiger charge is -2.24. The van der Waals surface area contributed by atoms with E-state index in [-0.39, 0.29) is 5.92 Å². The summed E-state index contributed by atoms with van der Waals surface area (Å²) in [6.45, 7) is 0.645. The number of benzene rings is 2. The number of fused-ring (bicyclic) bond motifs is 1. The van der Waals surface area contributed by atoms with Gasteiger partial charge in [0.1, 0.15) is 11.5 Å². The molecule has 1 atom stereocenters. The van der Waals surface area contributed by atoms with Crippen molar-refractivity contribution in [3.63, 3.8) is 0 Å². The summed E-state index contributed by atoms with van der Waals surface area (Å²) in [5.74, 6) is 1.25. The van der Waals surface area contributed by atoms with E-state index in [1.54, 1.807) is 0 Å². The molecule has 0 fully saturated rings. The number of hydrogen-bond acceptors (Lipinski definition) is 2. The monoisotopic (exact) mass is 280 g/mol. The summed E-state index contributed by atoms with van der Waals surface area (Å²) in [5.41, 5.74) is 2.37. The first-order valence-electron chi connectivity index (χ1n) is 7.63. The van der Waals surface area contributed by atoms with Gasteiger partial charge >= 0.3 is 0 Å². The maximum Gasteiger partial charge on any atom is 0.140 e. The van der Waals surface area contributed by atoms with E-state index in [0.717, 1.165) is 30.6 Å². The van der Waals surface area contributed by atoms with Crippen LogP contribution in [0.25, 0.3) is 0 Å². The van der Waals surface area contributed by atoms with Crippen LogP contribution in [0.15, 0.2) is 54.6 Å². The van der Waals surface area contributed by atoms with Crippen LogP contribution in [0.4, 0.5) is 0 Å². The molecule has 21 heavy (non-hydrogen) atoms. The number of ketones is 1. The fraction of sp³-hybridized carbons (Fsp3) is 0.316. The van der Waals surface area contributed by atoms with Gasteiger partial charge in [-0.3, -0.25) is 4.79 Å². The quantitative estimate of drug-likeness (QED) is 0.822. The van der Waals surface area contributed by atoms with Crippen molar-refractivity contribution in [2.24, 2.45) is 0 Å². The number of carbonyl (C=O) groups excluding carboxylic acids is 1. The maximum atomic E-state index is 12.5. The van der Waals surface area contributed by atoms with Gasteiger partial charge in [-0.2, -0.15) is 0 Å². The molecule has 1 unspecified atom stereocenters. The van der Waals surface area contributed by atoms with Crippen LogP contribution in [0, 0.1) is 0 Å². The molecule has 2 nitrogen and oxygen atoms in total. The van der Waals surface area contributed by atoms with Gasteiger partial charge < -0.3 is 4.74 Å². The van der Waals surface area contributed by atoms with Crippen molar-refractivity contribution in [1.29, 1.82) is 0 Å². The van der Waals surface area contributed by atoms with E-state index in [4.69, 9.17) is 4.74 Å². The molecule has 1 aliphatic heterocycles. The van der Waals surface area contributed by atoms with Gasteiger partial charge in [-0.25, -0.2) is 0 Å². The molecule has 1 aliphatic rings. The molecule has 0 bridgehead atoms. The Hall–Kier alpha value is -2.09. The normalized spacial score (nSPS) is 16.9. The Balaban J connectivity index is 1.59. The summed E-state index contributed by atoms with van der Waals surface area (Å²) >= 11 is 0. The molecular formula is C19H20O2. The molecule has 1 heterocycles. The highest BCUT2D eigenvalue weighted by atomic mass is 16.5. The van der Waals surface area contributed by atoms with Gasteiger partial charge in [0.2, 0.25) is 0 Å². The number of aryl methyl sites for hydroxylation is 1. The molecular weight excluding hydrogens is 260 g/mol. The summed E-state index contributed by atoms with van der Waals surface area (Å²) in [6, 6.07) is 18.3. The molecule has 2 heteroatoms. The Morgan fingerprint density at radius 2 is 1.81 bits per heavy atom. The minimum absolute atomic E-state index is 0.0192. The third-order valence-electron chi connectivity index (χ3n) is 4.08. The Labute approximate surface area is 125 Å². The van der Waals surface area contributed by atoms with Gasteiger partial charge in [0.05, 0.1) is 6.61 Å². The first kappa shape index (κ1) is 13.9. The second kappa shape index (κ2) is 6.57. The molecule has 3 rings (SSSR count). The van der Waals surface area contributed by atoms with E-state index in [0.29, 0.717) is 18.8 Å². The fourth-order valence-electron chi connectivity index (χ4n) is 2.96. The number of carbonyl (C=O) groups is 1. The summed E-state index contributed by atoms with van der Waals surface area (Å²) in [6.07, 6.45) is 3.34. The zero-order valence-electron chi connectivity index (χ0n) is 12.1. The van der Waals surface area contributed by atoms with Crippen LogP contribution in [0.2, 0.25) is 0 Å². The van der Waals surface area contributed by atoms with Crippen LogP contribution >= 0.6 is 0 Å². The first-order valence-corrected chi connectivity index (χ1v) is 7.63. The lowest BCUT2D eigenvalue weighted by molar-refractivity contribution is -0.121. The predicted molar refractivity (Wildman–Crippen MR) is 83.7 cm³/mol. The number of Topliss-reactive ketones (excluding diaryl/α,β-unsaturated/α-hetero) is 1. The summed E-state index contributed by atoms with van der Waals surface area (Å²) < 4.78 is 5.63. The zero-order valence-corrected chi connectivity index (χ0v) is 12.1. The van der Waals surface area contributed by atoms with Crippen molar-refractivity contribution in [3.8, 4) is 5.75 Å². The molecule has 2 aromatic carbocycles. The van der Waals surface area contributed by atoms with Crippen LogP contribution in [0.3, 0.4) is 0 Å². The lowest BCUT2D eigenvalue weighted by Crippen LogP contribution is -2.21. The van der Waals surface area contributed by atoms with Crippen molar-refractivity contribution in [2.75, 3.05) is 6.61 Å². The van der Waals surface area contributed by atoms with E-state index in [1.807, 2.05) is 42.5 Å². The maximum absolute atomic E-state index is 12.5. The molecule has 0 aromatic heterocycles. The second-order valence-electron chi connectivity index (χ2n) is 5.53. The van der Waals surface area contributed by atoms with E-state index >= 15 is 0 Å². The van der Waals surface area contributed by atoms with Crippen molar-refractivity contribution < 1.29 is 9.53 Å². The molecule has 0 saturated heterocycles. The third-order valence-corrected chi connectivity index (χ3v) is 4.08. The highest BCUT2D eigenvalue weighted by Gasteiger charge is 2.26. The van der Waals surface area contributed by atoms with Gasteiger partial charge in [-0.05, 0) is 30.9 Å². The van der Waals surface area contributed by atoms with Crippen LogP contribution < -0.4 is 4.74 Å². The van der Waals surface area contributed by atoms with Crippen molar-refractivity contribution in [1.82, 2.24) is 0 Å². The summed E-state index contributed by atoms with van der Waals surface area (Å²) in [4.78, 5) is 12.5. The average Bonchev–Trinajstić information content (AvgIpc) is 2.55. The van der Waals surface area contributed by atoms with Crippen LogP contribution in [-0.4, -0.2) is 12.4 Å². The molecule has 2 aromatic rings. The van der Waals surface area contributed by atoms with Crippen LogP contribution in [0.1, 0.15) is 36.3 Å². The molecule has 0 radical (unpaired) electrons. The predicted octanol–water partition coefficient (Wildman–Crippen LogP) is 4.14. The SMILES string of the molecule is O=C(CCCc1ccccc1)C1CCOc2ccccc21. The first-order chi connectivity index (χ1) is 10.3. The molecule has 0 aliphatic carbocycles. The van der Waals surface area contributed by atoms with Crippen LogP contribution in [0.5, 0.6) is 5.75 Å². The van der Waals surface area contributed by atoms with Gasteiger partial charge in [-0.1, -0.05) is 48.5 Å². The lowest BCUT2D eigenvalue weighted by atomic mass is 9.87. The highest BCUT2D eigenvalue weighted by Crippen LogP contribution is 2.34. The largest absolute Gasteiger partial charge is 0.493 e. The number of hydrogen-bond donors (Lipinski definition) is 0. The number of ether oxygens (including phenoxy) is 1. The van der Waals surface area contributed by atoms with Crippen molar-refractivity contribution in [2.45, 2.75) is 31.6 Å². The Kier molecular flexibility index (Phi) is 4.34. The molecule has 0 N–H and O–H groups in total. The van der Waals surface area contributed by atoms with Gasteiger partial charge in [0.25, 0.3) is 0 Å². The second-order valence-corrected chi connectivity index (χ2v) is 5.53. The van der Waals surface area contributed by atoms with Crippen LogP contribution in [-0.2, 0) is 11.2 Å².